The molecule has 1 aromatic rings. The number of rotatable bonds is 5. The lowest BCUT2D eigenvalue weighted by Gasteiger charge is -2.22. The predicted molar refractivity (Wildman–Crippen MR) is 74.3 cm³/mol. The molecule has 1 aromatic heterocycles. The molecule has 0 spiro atoms. The highest BCUT2D eigenvalue weighted by Crippen LogP contribution is 2.28. The summed E-state index contributed by atoms with van der Waals surface area (Å²) >= 11 is 0. The van der Waals surface area contributed by atoms with Crippen molar-refractivity contribution in [1.29, 1.82) is 0 Å². The van der Waals surface area contributed by atoms with Gasteiger partial charge in [-0.1, -0.05) is 6.92 Å². The molecule has 1 aliphatic heterocycles. The molecule has 0 aromatic carbocycles. The maximum Gasteiger partial charge on any atom is 0.389 e. The third kappa shape index (κ3) is 3.89. The number of likely N-dealkylation sites (tertiary alicyclic amines) is 1. The Balaban J connectivity index is 0.00000180. The minimum Gasteiger partial charge on any atom is -0.358 e. The second kappa shape index (κ2) is 6.31. The van der Waals surface area contributed by atoms with Crippen molar-refractivity contribution in [3.63, 3.8) is 0 Å². The van der Waals surface area contributed by atoms with E-state index in [1.807, 2.05) is 0 Å². The minimum absolute atomic E-state index is 0. The second-order valence-electron chi connectivity index (χ2n) is 5.24. The lowest BCUT2D eigenvalue weighted by Crippen LogP contribution is -2.32. The summed E-state index contributed by atoms with van der Waals surface area (Å²) in [5.41, 5.74) is 5.97. The van der Waals surface area contributed by atoms with Crippen molar-refractivity contribution >= 4 is 18.2 Å². The normalized spacial score (nSPS) is 23.3. The summed E-state index contributed by atoms with van der Waals surface area (Å²) in [6, 6.07) is 1.42. The monoisotopic (exact) mass is 289 g/mol. The number of nitro groups is 1. The molecule has 2 rings (SSSR count). The van der Waals surface area contributed by atoms with Crippen LogP contribution in [0.3, 0.4) is 0 Å². The molecular formula is C11H20ClN5O2. The molecule has 0 amide bonds. The first-order chi connectivity index (χ1) is 8.52. The largest absolute Gasteiger partial charge is 0.389 e. The molecule has 0 aliphatic carbocycles. The van der Waals surface area contributed by atoms with E-state index in [0.29, 0.717) is 13.1 Å². The Labute approximate surface area is 118 Å². The van der Waals surface area contributed by atoms with Crippen LogP contribution in [-0.4, -0.2) is 45.8 Å². The summed E-state index contributed by atoms with van der Waals surface area (Å²) in [5, 5.41) is 14.4. The van der Waals surface area contributed by atoms with Crippen molar-refractivity contribution in [2.45, 2.75) is 19.9 Å². The van der Waals surface area contributed by atoms with Crippen LogP contribution in [0.4, 0.5) is 5.82 Å². The Kier molecular flexibility index (Phi) is 5.28. The number of hydrogen-bond acceptors (Lipinski definition) is 5. The lowest BCUT2D eigenvalue weighted by atomic mass is 9.90. The van der Waals surface area contributed by atoms with E-state index in [2.05, 4.69) is 16.9 Å². The van der Waals surface area contributed by atoms with Gasteiger partial charge in [0.15, 0.2) is 0 Å². The summed E-state index contributed by atoms with van der Waals surface area (Å²) in [5.74, 6) is -0.0942. The molecule has 1 atom stereocenters. The number of nitrogens with two attached hydrogens (primary N) is 1. The Morgan fingerprint density at radius 2 is 2.32 bits per heavy atom. The first-order valence-electron chi connectivity index (χ1n) is 6.13. The number of aromatic nitrogens is 2. The van der Waals surface area contributed by atoms with E-state index in [1.165, 1.54) is 6.07 Å². The van der Waals surface area contributed by atoms with Crippen LogP contribution in [0.25, 0.3) is 0 Å². The smallest absolute Gasteiger partial charge is 0.358 e. The average Bonchev–Trinajstić information content (AvgIpc) is 2.94. The first-order valence-corrected chi connectivity index (χ1v) is 6.13. The zero-order valence-electron chi connectivity index (χ0n) is 11.0. The van der Waals surface area contributed by atoms with Crippen LogP contribution < -0.4 is 5.73 Å². The molecule has 1 aliphatic rings. The topological polar surface area (TPSA) is 90.2 Å². The van der Waals surface area contributed by atoms with Crippen molar-refractivity contribution < 1.29 is 4.92 Å². The maximum atomic E-state index is 10.5. The van der Waals surface area contributed by atoms with E-state index in [-0.39, 0.29) is 23.6 Å². The highest BCUT2D eigenvalue weighted by molar-refractivity contribution is 5.85. The molecule has 1 unspecified atom stereocenters. The first kappa shape index (κ1) is 15.9. The van der Waals surface area contributed by atoms with E-state index in [0.717, 1.165) is 26.1 Å². The van der Waals surface area contributed by atoms with Crippen LogP contribution in [-0.2, 0) is 6.54 Å². The molecule has 108 valence electrons. The van der Waals surface area contributed by atoms with Gasteiger partial charge in [-0.15, -0.1) is 12.4 Å². The predicted octanol–water partition coefficient (Wildman–Crippen LogP) is 0.884. The average molecular weight is 290 g/mol. The molecule has 19 heavy (non-hydrogen) atoms. The van der Waals surface area contributed by atoms with E-state index in [4.69, 9.17) is 5.73 Å². The molecule has 8 heteroatoms. The molecule has 2 N–H and O–H groups in total. The van der Waals surface area contributed by atoms with Crippen LogP contribution in [0.2, 0.25) is 0 Å². The molecule has 1 fully saturated rings. The summed E-state index contributed by atoms with van der Waals surface area (Å²) in [6.07, 6.45) is 2.76. The summed E-state index contributed by atoms with van der Waals surface area (Å²) in [7, 11) is 0. The zero-order chi connectivity index (χ0) is 13.2. The third-order valence-corrected chi connectivity index (χ3v) is 3.59. The van der Waals surface area contributed by atoms with Gasteiger partial charge in [0.1, 0.15) is 0 Å². The van der Waals surface area contributed by atoms with Crippen LogP contribution >= 0.6 is 12.4 Å². The quantitative estimate of drug-likeness (QED) is 0.642. The highest BCUT2D eigenvalue weighted by Gasteiger charge is 2.32. The van der Waals surface area contributed by atoms with Gasteiger partial charge in [-0.25, -0.2) is 0 Å². The van der Waals surface area contributed by atoms with Gasteiger partial charge < -0.3 is 20.7 Å². The Morgan fingerprint density at radius 1 is 1.58 bits per heavy atom. The molecule has 7 nitrogen and oxygen atoms in total. The lowest BCUT2D eigenvalue weighted by molar-refractivity contribution is -0.389. The SMILES string of the molecule is CC1(CN)CCN(CCn2ccc([N+](=O)[O-])n2)C1.Cl. The van der Waals surface area contributed by atoms with Crippen LogP contribution in [0.5, 0.6) is 0 Å². The summed E-state index contributed by atoms with van der Waals surface area (Å²) < 4.78 is 1.62. The summed E-state index contributed by atoms with van der Waals surface area (Å²) in [6.45, 7) is 6.47. The minimum atomic E-state index is -0.474. The Morgan fingerprint density at radius 3 is 2.84 bits per heavy atom. The van der Waals surface area contributed by atoms with Crippen molar-refractivity contribution in [3.05, 3.63) is 22.4 Å². The number of halogens is 1. The fraction of sp³-hybridized carbons (Fsp3) is 0.727. The molecule has 2 heterocycles. The highest BCUT2D eigenvalue weighted by atomic mass is 35.5. The van der Waals surface area contributed by atoms with Gasteiger partial charge in [-0.3, -0.25) is 0 Å². The van der Waals surface area contributed by atoms with Crippen LogP contribution in [0.1, 0.15) is 13.3 Å². The van der Waals surface area contributed by atoms with Gasteiger partial charge in [0, 0.05) is 13.1 Å². The Hall–Kier alpha value is -1.18. The summed E-state index contributed by atoms with van der Waals surface area (Å²) in [4.78, 5) is 12.4. The number of nitrogens with zero attached hydrogens (tertiary/aromatic N) is 4. The van der Waals surface area contributed by atoms with Crippen molar-refractivity contribution in [2.24, 2.45) is 11.1 Å². The molecule has 0 bridgehead atoms. The standard InChI is InChI=1S/C11H19N5O2.ClH/c1-11(8-12)3-5-14(9-11)6-7-15-4-2-10(13-15)16(17)18;/h2,4H,3,5-9,12H2,1H3;1H. The van der Waals surface area contributed by atoms with E-state index in [9.17, 15) is 10.1 Å². The zero-order valence-corrected chi connectivity index (χ0v) is 11.8. The van der Waals surface area contributed by atoms with Gasteiger partial charge in [0.25, 0.3) is 0 Å². The molecular weight excluding hydrogens is 270 g/mol. The fourth-order valence-electron chi connectivity index (χ4n) is 2.30. The number of hydrogen-bond donors (Lipinski definition) is 1. The van der Waals surface area contributed by atoms with Crippen molar-refractivity contribution in [2.75, 3.05) is 26.2 Å². The van der Waals surface area contributed by atoms with Gasteiger partial charge in [-0.2, -0.15) is 4.68 Å². The molecule has 0 radical (unpaired) electrons. The van der Waals surface area contributed by atoms with Crippen LogP contribution in [0, 0.1) is 15.5 Å². The molecule has 1 saturated heterocycles. The van der Waals surface area contributed by atoms with E-state index >= 15 is 0 Å². The third-order valence-electron chi connectivity index (χ3n) is 3.59. The maximum absolute atomic E-state index is 10.5. The van der Waals surface area contributed by atoms with E-state index in [1.54, 1.807) is 10.9 Å². The Bertz CT molecular complexity index is 438. The van der Waals surface area contributed by atoms with Crippen molar-refractivity contribution in [3.8, 4) is 0 Å². The fourth-order valence-corrected chi connectivity index (χ4v) is 2.30. The van der Waals surface area contributed by atoms with Crippen molar-refractivity contribution in [1.82, 2.24) is 14.7 Å². The van der Waals surface area contributed by atoms with Gasteiger partial charge in [0.2, 0.25) is 0 Å². The molecule has 0 saturated carbocycles. The van der Waals surface area contributed by atoms with Gasteiger partial charge >= 0.3 is 5.82 Å². The van der Waals surface area contributed by atoms with Gasteiger partial charge in [-0.05, 0) is 29.8 Å². The second-order valence-corrected chi connectivity index (χ2v) is 5.24. The van der Waals surface area contributed by atoms with Crippen LogP contribution in [0.15, 0.2) is 12.3 Å². The van der Waals surface area contributed by atoms with Gasteiger partial charge in [0.05, 0.1) is 23.9 Å². The van der Waals surface area contributed by atoms with E-state index < -0.39 is 4.92 Å².